The summed E-state index contributed by atoms with van der Waals surface area (Å²) in [6.45, 7) is 11.0. The Labute approximate surface area is 164 Å². The fourth-order valence-corrected chi connectivity index (χ4v) is 2.93. The van der Waals surface area contributed by atoms with E-state index in [1.807, 2.05) is 0 Å². The molecule has 0 aromatic carbocycles. The van der Waals surface area contributed by atoms with E-state index in [1.165, 1.54) is 44.9 Å². The van der Waals surface area contributed by atoms with Crippen molar-refractivity contribution in [2.75, 3.05) is 19.8 Å². The van der Waals surface area contributed by atoms with E-state index in [-0.39, 0.29) is 0 Å². The molecular formula is C23H48O3. The molecule has 0 saturated heterocycles. The molecule has 26 heavy (non-hydrogen) atoms. The molecule has 0 saturated carbocycles. The summed E-state index contributed by atoms with van der Waals surface area (Å²) in [6, 6.07) is 0. The van der Waals surface area contributed by atoms with Crippen molar-refractivity contribution in [3.05, 3.63) is 0 Å². The van der Waals surface area contributed by atoms with Gasteiger partial charge in [-0.3, -0.25) is 0 Å². The second-order valence-electron chi connectivity index (χ2n) is 7.51. The highest BCUT2D eigenvalue weighted by Gasteiger charge is 2.32. The summed E-state index contributed by atoms with van der Waals surface area (Å²) in [7, 11) is 0. The number of ether oxygens (including phenoxy) is 3. The normalized spacial score (nSPS) is 12.0. The molecule has 0 heterocycles. The lowest BCUT2D eigenvalue weighted by atomic mass is 10.1. The minimum Gasteiger partial charge on any atom is -0.327 e. The zero-order valence-electron chi connectivity index (χ0n) is 18.5. The van der Waals surface area contributed by atoms with Gasteiger partial charge >= 0.3 is 0 Å². The van der Waals surface area contributed by atoms with Crippen LogP contribution in [0.3, 0.4) is 0 Å². The van der Waals surface area contributed by atoms with Crippen molar-refractivity contribution in [1.82, 2.24) is 0 Å². The first kappa shape index (κ1) is 25.9. The zero-order valence-corrected chi connectivity index (χ0v) is 18.5. The minimum absolute atomic E-state index is 0.728. The largest absolute Gasteiger partial charge is 0.327 e. The van der Waals surface area contributed by atoms with E-state index < -0.39 is 5.97 Å². The molecule has 0 atom stereocenters. The Bertz CT molecular complexity index is 242. The van der Waals surface area contributed by atoms with Gasteiger partial charge in [0.05, 0.1) is 19.8 Å². The van der Waals surface area contributed by atoms with Crippen molar-refractivity contribution < 1.29 is 14.2 Å². The van der Waals surface area contributed by atoms with E-state index >= 15 is 0 Å². The number of hydrogen-bond acceptors (Lipinski definition) is 3. The maximum absolute atomic E-state index is 6.18. The van der Waals surface area contributed by atoms with Crippen LogP contribution < -0.4 is 0 Å². The maximum atomic E-state index is 6.18. The molecule has 0 aromatic heterocycles. The molecule has 0 aliphatic carbocycles. The maximum Gasteiger partial charge on any atom is 0.282 e. The lowest BCUT2D eigenvalue weighted by molar-refractivity contribution is -0.384. The number of unbranched alkanes of at least 4 members (excludes halogenated alkanes) is 10. The van der Waals surface area contributed by atoms with Gasteiger partial charge in [0.25, 0.3) is 5.97 Å². The third-order valence-corrected chi connectivity index (χ3v) is 4.80. The molecule has 0 bridgehead atoms. The Morgan fingerprint density at radius 3 is 1.15 bits per heavy atom. The molecule has 0 spiro atoms. The first-order valence-electron chi connectivity index (χ1n) is 11.7. The monoisotopic (exact) mass is 372 g/mol. The van der Waals surface area contributed by atoms with E-state index in [0.717, 1.165) is 71.2 Å². The van der Waals surface area contributed by atoms with Gasteiger partial charge in [-0.1, -0.05) is 91.9 Å². The minimum atomic E-state index is -0.804. The van der Waals surface area contributed by atoms with Crippen molar-refractivity contribution in [1.29, 1.82) is 0 Å². The lowest BCUT2D eigenvalue weighted by Gasteiger charge is -2.33. The third-order valence-electron chi connectivity index (χ3n) is 4.80. The lowest BCUT2D eigenvalue weighted by Crippen LogP contribution is -2.40. The van der Waals surface area contributed by atoms with Gasteiger partial charge < -0.3 is 14.2 Å². The second kappa shape index (κ2) is 19.6. The van der Waals surface area contributed by atoms with E-state index in [9.17, 15) is 0 Å². The second-order valence-corrected chi connectivity index (χ2v) is 7.51. The smallest absolute Gasteiger partial charge is 0.282 e. The molecule has 0 aromatic rings. The predicted molar refractivity (Wildman–Crippen MR) is 113 cm³/mol. The molecule has 0 unspecified atom stereocenters. The molecular weight excluding hydrogens is 324 g/mol. The van der Waals surface area contributed by atoms with Crippen LogP contribution in [0, 0.1) is 0 Å². The highest BCUT2D eigenvalue weighted by molar-refractivity contribution is 4.61. The van der Waals surface area contributed by atoms with Crippen molar-refractivity contribution >= 4 is 0 Å². The highest BCUT2D eigenvalue weighted by atomic mass is 16.9. The summed E-state index contributed by atoms with van der Waals surface area (Å²) < 4.78 is 18.5. The predicted octanol–water partition coefficient (Wildman–Crippen LogP) is 7.62. The van der Waals surface area contributed by atoms with Gasteiger partial charge in [-0.25, -0.2) is 0 Å². The molecule has 0 N–H and O–H groups in total. The van der Waals surface area contributed by atoms with Gasteiger partial charge in [-0.2, -0.15) is 0 Å². The van der Waals surface area contributed by atoms with Gasteiger partial charge in [0.2, 0.25) is 0 Å². The Kier molecular flexibility index (Phi) is 19.5. The van der Waals surface area contributed by atoms with Crippen LogP contribution in [0.5, 0.6) is 0 Å². The first-order chi connectivity index (χ1) is 12.7. The molecule has 0 amide bonds. The highest BCUT2D eigenvalue weighted by Crippen LogP contribution is 2.26. The Morgan fingerprint density at radius 2 is 0.769 bits per heavy atom. The van der Waals surface area contributed by atoms with Gasteiger partial charge in [0.1, 0.15) is 0 Å². The van der Waals surface area contributed by atoms with Crippen LogP contribution in [-0.4, -0.2) is 25.8 Å². The first-order valence-corrected chi connectivity index (χ1v) is 11.7. The fourth-order valence-electron chi connectivity index (χ4n) is 2.93. The SMILES string of the molecule is CCCCCCCCCCC(OCCCC)(OCCCC)OCCCC. The molecule has 0 fully saturated rings. The van der Waals surface area contributed by atoms with Crippen molar-refractivity contribution in [2.45, 2.75) is 130 Å². The summed E-state index contributed by atoms with van der Waals surface area (Å²) >= 11 is 0. The van der Waals surface area contributed by atoms with Crippen molar-refractivity contribution in [3.8, 4) is 0 Å². The summed E-state index contributed by atoms with van der Waals surface area (Å²) in [6.07, 6.45) is 18.0. The summed E-state index contributed by atoms with van der Waals surface area (Å²) in [5.41, 5.74) is 0. The standard InChI is InChI=1S/C23H48O3/c1-5-9-13-14-15-16-17-18-19-23(24-20-10-6-2,25-21-11-7-3)26-22-12-8-4/h5-22H2,1-4H3. The van der Waals surface area contributed by atoms with E-state index in [4.69, 9.17) is 14.2 Å². The molecule has 0 radical (unpaired) electrons. The average molecular weight is 373 g/mol. The molecule has 0 aliphatic heterocycles. The summed E-state index contributed by atoms with van der Waals surface area (Å²) in [4.78, 5) is 0. The molecule has 3 heteroatoms. The summed E-state index contributed by atoms with van der Waals surface area (Å²) in [5, 5.41) is 0. The van der Waals surface area contributed by atoms with Crippen molar-refractivity contribution in [3.63, 3.8) is 0 Å². The Balaban J connectivity index is 4.38. The third kappa shape index (κ3) is 15.0. The van der Waals surface area contributed by atoms with Gasteiger partial charge in [0, 0.05) is 6.42 Å². The number of hydrogen-bond donors (Lipinski definition) is 0. The Morgan fingerprint density at radius 1 is 0.423 bits per heavy atom. The van der Waals surface area contributed by atoms with E-state index in [1.54, 1.807) is 0 Å². The topological polar surface area (TPSA) is 27.7 Å². The fraction of sp³-hybridized carbons (Fsp3) is 1.00. The van der Waals surface area contributed by atoms with Crippen LogP contribution in [0.25, 0.3) is 0 Å². The zero-order chi connectivity index (χ0) is 19.3. The molecule has 0 aliphatic rings. The summed E-state index contributed by atoms with van der Waals surface area (Å²) in [5.74, 6) is -0.804. The van der Waals surface area contributed by atoms with Crippen molar-refractivity contribution in [2.24, 2.45) is 0 Å². The van der Waals surface area contributed by atoms with Crippen LogP contribution in [-0.2, 0) is 14.2 Å². The van der Waals surface area contributed by atoms with Crippen LogP contribution in [0.15, 0.2) is 0 Å². The van der Waals surface area contributed by atoms with Gasteiger partial charge in [-0.05, 0) is 25.7 Å². The van der Waals surface area contributed by atoms with Gasteiger partial charge in [0.15, 0.2) is 0 Å². The quantitative estimate of drug-likeness (QED) is 0.153. The average Bonchev–Trinajstić information content (AvgIpc) is 2.64. The molecule has 3 nitrogen and oxygen atoms in total. The van der Waals surface area contributed by atoms with Crippen LogP contribution >= 0.6 is 0 Å². The molecule has 0 rings (SSSR count). The van der Waals surface area contributed by atoms with Crippen LogP contribution in [0.1, 0.15) is 124 Å². The van der Waals surface area contributed by atoms with Crippen LogP contribution in [0.4, 0.5) is 0 Å². The number of rotatable bonds is 21. The van der Waals surface area contributed by atoms with Gasteiger partial charge in [-0.15, -0.1) is 0 Å². The van der Waals surface area contributed by atoms with E-state index in [0.29, 0.717) is 0 Å². The Hall–Kier alpha value is -0.120. The molecule has 158 valence electrons. The van der Waals surface area contributed by atoms with E-state index in [2.05, 4.69) is 27.7 Å². The van der Waals surface area contributed by atoms with Crippen LogP contribution in [0.2, 0.25) is 0 Å².